The highest BCUT2D eigenvalue weighted by Gasteiger charge is 2.27. The first-order valence-corrected chi connectivity index (χ1v) is 5.58. The number of hydrogen-bond donors (Lipinski definition) is 1. The fraction of sp³-hybridized carbons (Fsp3) is 0.909. The third-order valence-corrected chi connectivity index (χ3v) is 2.69. The van der Waals surface area contributed by atoms with Crippen molar-refractivity contribution in [3.8, 4) is 0 Å². The van der Waals surface area contributed by atoms with Crippen molar-refractivity contribution in [3.05, 3.63) is 0 Å². The topological polar surface area (TPSA) is 49.8 Å². The molecule has 4 heteroatoms. The van der Waals surface area contributed by atoms with Gasteiger partial charge in [0.25, 0.3) is 0 Å². The lowest BCUT2D eigenvalue weighted by Gasteiger charge is -2.34. The zero-order chi connectivity index (χ0) is 11.3. The molecule has 88 valence electrons. The molecule has 1 saturated heterocycles. The number of aliphatic hydroxyl groups is 1. The first-order valence-electron chi connectivity index (χ1n) is 5.58. The number of amides is 1. The second-order valence-electron chi connectivity index (χ2n) is 4.88. The molecule has 1 aliphatic heterocycles. The number of rotatable bonds is 5. The fourth-order valence-electron chi connectivity index (χ4n) is 1.89. The minimum absolute atomic E-state index is 0.0547. The van der Waals surface area contributed by atoms with Crippen molar-refractivity contribution < 1.29 is 14.6 Å². The molecule has 1 amide bonds. The minimum Gasteiger partial charge on any atom is -0.449 e. The standard InChI is InChI=1S/C11H21NO3/c1-11(2,5-3-7-13)9-12-6-4-8-15-10(12)14/h13H,3-9H2,1-2H3. The van der Waals surface area contributed by atoms with Gasteiger partial charge in [0.1, 0.15) is 0 Å². The van der Waals surface area contributed by atoms with Crippen molar-refractivity contribution in [3.63, 3.8) is 0 Å². The SMILES string of the molecule is CC(C)(CCCO)CN1CCCOC1=O. The Morgan fingerprint density at radius 1 is 1.53 bits per heavy atom. The molecule has 0 radical (unpaired) electrons. The van der Waals surface area contributed by atoms with Gasteiger partial charge in [0, 0.05) is 19.7 Å². The molecule has 1 N–H and O–H groups in total. The number of cyclic esters (lactones) is 1. The Labute approximate surface area is 91.2 Å². The second-order valence-corrected chi connectivity index (χ2v) is 4.88. The average Bonchev–Trinajstić information content (AvgIpc) is 2.18. The fourth-order valence-corrected chi connectivity index (χ4v) is 1.89. The summed E-state index contributed by atoms with van der Waals surface area (Å²) < 4.78 is 4.98. The summed E-state index contributed by atoms with van der Waals surface area (Å²) in [6.45, 7) is 6.50. The van der Waals surface area contributed by atoms with Crippen LogP contribution in [0.25, 0.3) is 0 Å². The first-order chi connectivity index (χ1) is 7.05. The van der Waals surface area contributed by atoms with Crippen LogP contribution >= 0.6 is 0 Å². The summed E-state index contributed by atoms with van der Waals surface area (Å²) in [5.74, 6) is 0. The zero-order valence-corrected chi connectivity index (χ0v) is 9.66. The third-order valence-electron chi connectivity index (χ3n) is 2.69. The molecule has 0 aromatic rings. The maximum atomic E-state index is 11.4. The van der Waals surface area contributed by atoms with E-state index in [0.29, 0.717) is 13.2 Å². The van der Waals surface area contributed by atoms with Gasteiger partial charge in [0.15, 0.2) is 0 Å². The van der Waals surface area contributed by atoms with Crippen LogP contribution in [-0.4, -0.2) is 42.4 Å². The lowest BCUT2D eigenvalue weighted by atomic mass is 9.87. The lowest BCUT2D eigenvalue weighted by molar-refractivity contribution is 0.0547. The van der Waals surface area contributed by atoms with E-state index in [0.717, 1.165) is 25.8 Å². The zero-order valence-electron chi connectivity index (χ0n) is 9.66. The molecule has 1 fully saturated rings. The maximum absolute atomic E-state index is 11.4. The summed E-state index contributed by atoms with van der Waals surface area (Å²) >= 11 is 0. The first kappa shape index (κ1) is 12.3. The van der Waals surface area contributed by atoms with Crippen molar-refractivity contribution in [2.24, 2.45) is 5.41 Å². The molecule has 1 aliphatic rings. The third kappa shape index (κ3) is 4.08. The molecule has 0 aromatic carbocycles. The molecule has 1 rings (SSSR count). The van der Waals surface area contributed by atoms with E-state index in [2.05, 4.69) is 13.8 Å². The van der Waals surface area contributed by atoms with E-state index < -0.39 is 0 Å². The summed E-state index contributed by atoms with van der Waals surface area (Å²) in [6.07, 6.45) is 2.43. The quantitative estimate of drug-likeness (QED) is 0.758. The van der Waals surface area contributed by atoms with Gasteiger partial charge in [0.05, 0.1) is 6.61 Å². The van der Waals surface area contributed by atoms with Gasteiger partial charge in [-0.05, 0) is 24.7 Å². The van der Waals surface area contributed by atoms with E-state index >= 15 is 0 Å². The predicted molar refractivity (Wildman–Crippen MR) is 57.6 cm³/mol. The van der Waals surface area contributed by atoms with E-state index in [-0.39, 0.29) is 18.1 Å². The highest BCUT2D eigenvalue weighted by atomic mass is 16.6. The molecular formula is C11H21NO3. The molecule has 0 aromatic heterocycles. The molecule has 1 heterocycles. The summed E-state index contributed by atoms with van der Waals surface area (Å²) in [6, 6.07) is 0. The highest BCUT2D eigenvalue weighted by molar-refractivity contribution is 5.68. The van der Waals surface area contributed by atoms with Gasteiger partial charge in [-0.15, -0.1) is 0 Å². The van der Waals surface area contributed by atoms with Crippen molar-refractivity contribution in [2.75, 3.05) is 26.3 Å². The predicted octanol–water partition coefficient (Wildman–Crippen LogP) is 1.63. The van der Waals surface area contributed by atoms with Crippen molar-refractivity contribution in [1.29, 1.82) is 0 Å². The molecule has 0 unspecified atom stereocenters. The van der Waals surface area contributed by atoms with Crippen LogP contribution in [0.2, 0.25) is 0 Å². The number of aliphatic hydroxyl groups excluding tert-OH is 1. The number of ether oxygens (including phenoxy) is 1. The van der Waals surface area contributed by atoms with Crippen LogP contribution in [0, 0.1) is 5.41 Å². The summed E-state index contributed by atoms with van der Waals surface area (Å²) in [7, 11) is 0. The van der Waals surface area contributed by atoms with Gasteiger partial charge in [-0.25, -0.2) is 4.79 Å². The van der Waals surface area contributed by atoms with Crippen molar-refractivity contribution in [1.82, 2.24) is 4.90 Å². The number of carbonyl (C=O) groups is 1. The molecule has 0 saturated carbocycles. The highest BCUT2D eigenvalue weighted by Crippen LogP contribution is 2.24. The van der Waals surface area contributed by atoms with Gasteiger partial charge >= 0.3 is 6.09 Å². The van der Waals surface area contributed by atoms with Crippen molar-refractivity contribution >= 4 is 6.09 Å². The monoisotopic (exact) mass is 215 g/mol. The van der Waals surface area contributed by atoms with E-state index in [1.165, 1.54) is 0 Å². The van der Waals surface area contributed by atoms with Crippen LogP contribution in [0.1, 0.15) is 33.1 Å². The van der Waals surface area contributed by atoms with E-state index in [1.807, 2.05) is 0 Å². The minimum atomic E-state index is -0.196. The van der Waals surface area contributed by atoms with Crippen molar-refractivity contribution in [2.45, 2.75) is 33.1 Å². The van der Waals surface area contributed by atoms with Crippen LogP contribution in [0.15, 0.2) is 0 Å². The Bertz CT molecular complexity index is 216. The Kier molecular flexibility index (Phi) is 4.39. The van der Waals surface area contributed by atoms with Crippen LogP contribution < -0.4 is 0 Å². The van der Waals surface area contributed by atoms with Crippen LogP contribution in [0.3, 0.4) is 0 Å². The van der Waals surface area contributed by atoms with E-state index in [4.69, 9.17) is 9.84 Å². The largest absolute Gasteiger partial charge is 0.449 e. The smallest absolute Gasteiger partial charge is 0.409 e. The molecule has 0 aliphatic carbocycles. The lowest BCUT2D eigenvalue weighted by Crippen LogP contribution is -2.43. The Hall–Kier alpha value is -0.770. The second kappa shape index (κ2) is 5.35. The molecule has 4 nitrogen and oxygen atoms in total. The van der Waals surface area contributed by atoms with Gasteiger partial charge < -0.3 is 14.7 Å². The maximum Gasteiger partial charge on any atom is 0.409 e. The van der Waals surface area contributed by atoms with Gasteiger partial charge in [-0.2, -0.15) is 0 Å². The average molecular weight is 215 g/mol. The number of carbonyl (C=O) groups excluding carboxylic acids is 1. The number of nitrogens with zero attached hydrogens (tertiary/aromatic N) is 1. The summed E-state index contributed by atoms with van der Waals surface area (Å²) in [4.78, 5) is 13.2. The van der Waals surface area contributed by atoms with Crippen LogP contribution in [0.5, 0.6) is 0 Å². The van der Waals surface area contributed by atoms with E-state index in [9.17, 15) is 4.79 Å². The van der Waals surface area contributed by atoms with E-state index in [1.54, 1.807) is 4.90 Å². The Morgan fingerprint density at radius 2 is 2.27 bits per heavy atom. The molecule has 15 heavy (non-hydrogen) atoms. The van der Waals surface area contributed by atoms with Gasteiger partial charge in [-0.3, -0.25) is 0 Å². The molecular weight excluding hydrogens is 194 g/mol. The van der Waals surface area contributed by atoms with Gasteiger partial charge in [0.2, 0.25) is 0 Å². The van der Waals surface area contributed by atoms with Crippen LogP contribution in [0.4, 0.5) is 4.79 Å². The van der Waals surface area contributed by atoms with Gasteiger partial charge in [-0.1, -0.05) is 13.8 Å². The Balaban J connectivity index is 2.40. The summed E-state index contributed by atoms with van der Waals surface area (Å²) in [5.41, 5.74) is 0.0547. The summed E-state index contributed by atoms with van der Waals surface area (Å²) in [5, 5.41) is 8.78. The normalized spacial score (nSPS) is 17.8. The molecule has 0 bridgehead atoms. The number of hydrogen-bond acceptors (Lipinski definition) is 3. The molecule has 0 spiro atoms. The molecule has 0 atom stereocenters. The van der Waals surface area contributed by atoms with Crippen LogP contribution in [-0.2, 0) is 4.74 Å². The Morgan fingerprint density at radius 3 is 2.87 bits per heavy atom.